The molecule has 1 N–H and O–H groups in total. The van der Waals surface area contributed by atoms with E-state index < -0.39 is 12.4 Å². The summed E-state index contributed by atoms with van der Waals surface area (Å²) in [6.45, 7) is 1.65. The van der Waals surface area contributed by atoms with Gasteiger partial charge in [0, 0.05) is 6.42 Å². The second-order valence-corrected chi connectivity index (χ2v) is 7.96. The maximum absolute atomic E-state index is 10.4. The maximum atomic E-state index is 10.4. The smallest absolute Gasteiger partial charge is 0.157 e. The first-order valence-corrected chi connectivity index (χ1v) is 11.0. The minimum Gasteiger partial charge on any atom is -0.374 e. The Morgan fingerprint density at radius 3 is 1.75 bits per heavy atom. The van der Waals surface area contributed by atoms with E-state index in [0.717, 1.165) is 16.7 Å². The van der Waals surface area contributed by atoms with E-state index in [0.29, 0.717) is 32.8 Å². The lowest BCUT2D eigenvalue weighted by Crippen LogP contribution is -2.52. The van der Waals surface area contributed by atoms with Gasteiger partial charge in [0.15, 0.2) is 6.29 Å². The molecule has 1 saturated heterocycles. The van der Waals surface area contributed by atoms with Crippen LogP contribution < -0.4 is 0 Å². The zero-order chi connectivity index (χ0) is 22.0. The first kappa shape index (κ1) is 22.6. The normalized spacial score (nSPS) is 23.2. The van der Waals surface area contributed by atoms with Crippen molar-refractivity contribution >= 4 is 0 Å². The molecule has 0 aliphatic carbocycles. The van der Waals surface area contributed by atoms with Gasteiger partial charge in [0.1, 0.15) is 12.2 Å². The summed E-state index contributed by atoms with van der Waals surface area (Å²) in [5.74, 6) is 0. The molecule has 1 aliphatic rings. The van der Waals surface area contributed by atoms with E-state index in [2.05, 4.69) is 0 Å². The van der Waals surface area contributed by atoms with E-state index in [9.17, 15) is 5.11 Å². The third-order valence-corrected chi connectivity index (χ3v) is 5.48. The van der Waals surface area contributed by atoms with E-state index in [1.54, 1.807) is 0 Å². The van der Waals surface area contributed by atoms with Crippen LogP contribution in [0.3, 0.4) is 0 Å². The van der Waals surface area contributed by atoms with Crippen molar-refractivity contribution < 1.29 is 24.1 Å². The lowest BCUT2D eigenvalue weighted by Gasteiger charge is -2.39. The van der Waals surface area contributed by atoms with Crippen molar-refractivity contribution in [2.24, 2.45) is 0 Å². The largest absolute Gasteiger partial charge is 0.374 e. The number of rotatable bonds is 10. The highest BCUT2D eigenvalue weighted by Crippen LogP contribution is 2.27. The van der Waals surface area contributed by atoms with Gasteiger partial charge in [0.05, 0.1) is 32.5 Å². The molecule has 4 atom stereocenters. The Labute approximate surface area is 189 Å². The Morgan fingerprint density at radius 2 is 1.19 bits per heavy atom. The quantitative estimate of drug-likeness (QED) is 0.510. The average Bonchev–Trinajstić information content (AvgIpc) is 2.84. The molecule has 1 aliphatic heterocycles. The molecule has 5 nitrogen and oxygen atoms in total. The fourth-order valence-corrected chi connectivity index (χ4v) is 3.83. The molecule has 168 valence electrons. The molecular weight excluding hydrogens is 404 g/mol. The number of aliphatic hydroxyl groups is 1. The van der Waals surface area contributed by atoms with Crippen LogP contribution in [-0.4, -0.2) is 36.3 Å². The molecule has 0 saturated carbocycles. The van der Waals surface area contributed by atoms with Gasteiger partial charge in [-0.2, -0.15) is 0 Å². The molecule has 0 amide bonds. The molecule has 5 heteroatoms. The van der Waals surface area contributed by atoms with Gasteiger partial charge < -0.3 is 24.1 Å². The first-order chi connectivity index (χ1) is 15.8. The van der Waals surface area contributed by atoms with Crippen LogP contribution in [0.2, 0.25) is 0 Å². The van der Waals surface area contributed by atoms with Crippen molar-refractivity contribution in [2.75, 3.05) is 6.61 Å². The Balaban J connectivity index is 1.42. The van der Waals surface area contributed by atoms with Gasteiger partial charge in [0.25, 0.3) is 0 Å². The molecule has 4 rings (SSSR count). The van der Waals surface area contributed by atoms with E-state index in [4.69, 9.17) is 18.9 Å². The fraction of sp³-hybridized carbons (Fsp3) is 0.333. The summed E-state index contributed by atoms with van der Waals surface area (Å²) in [5, 5.41) is 10.4. The Bertz CT molecular complexity index is 903. The molecule has 1 fully saturated rings. The summed E-state index contributed by atoms with van der Waals surface area (Å²) >= 11 is 0. The van der Waals surface area contributed by atoms with Gasteiger partial charge in [-0.25, -0.2) is 0 Å². The standard InChI is InChI=1S/C27H30O5/c28-26-16-24(30-18-22-12-6-2-7-13-22)27(31-19-23-14-8-3-9-15-23)25(32-26)20-29-17-21-10-4-1-5-11-21/h1-15,24-28H,16-20H2/t24-,25+,26+,27-/m0/s1. The van der Waals surface area contributed by atoms with Crippen LogP contribution in [0.1, 0.15) is 23.1 Å². The molecule has 3 aromatic rings. The molecule has 0 radical (unpaired) electrons. The highest BCUT2D eigenvalue weighted by Gasteiger charge is 2.40. The monoisotopic (exact) mass is 434 g/mol. The van der Waals surface area contributed by atoms with Crippen molar-refractivity contribution in [2.45, 2.75) is 50.8 Å². The summed E-state index contributed by atoms with van der Waals surface area (Å²) in [5.41, 5.74) is 3.24. The van der Waals surface area contributed by atoms with Crippen LogP contribution in [0.25, 0.3) is 0 Å². The average molecular weight is 435 g/mol. The third kappa shape index (κ3) is 6.73. The van der Waals surface area contributed by atoms with Crippen LogP contribution in [0.5, 0.6) is 0 Å². The number of hydrogen-bond acceptors (Lipinski definition) is 5. The second kappa shape index (κ2) is 11.9. The molecule has 0 spiro atoms. The van der Waals surface area contributed by atoms with Crippen LogP contribution in [0, 0.1) is 0 Å². The van der Waals surface area contributed by atoms with Gasteiger partial charge in [-0.15, -0.1) is 0 Å². The predicted octanol–water partition coefficient (Wildman–Crippen LogP) is 4.48. The number of hydrogen-bond donors (Lipinski definition) is 1. The number of benzene rings is 3. The van der Waals surface area contributed by atoms with E-state index in [1.807, 2.05) is 91.0 Å². The molecule has 3 aromatic carbocycles. The van der Waals surface area contributed by atoms with Crippen molar-refractivity contribution in [3.63, 3.8) is 0 Å². The van der Waals surface area contributed by atoms with Crippen LogP contribution >= 0.6 is 0 Å². The summed E-state index contributed by atoms with van der Waals surface area (Å²) in [4.78, 5) is 0. The highest BCUT2D eigenvalue weighted by atomic mass is 16.6. The molecule has 1 heterocycles. The summed E-state index contributed by atoms with van der Waals surface area (Å²) in [7, 11) is 0. The van der Waals surface area contributed by atoms with E-state index >= 15 is 0 Å². The number of ether oxygens (including phenoxy) is 4. The molecule has 32 heavy (non-hydrogen) atoms. The SMILES string of the molecule is O[C@H]1C[C@H](OCc2ccccc2)[C@H](OCc2ccccc2)[C@@H](COCc2ccccc2)O1. The molecular formula is C27H30O5. The lowest BCUT2D eigenvalue weighted by molar-refractivity contribution is -0.265. The van der Waals surface area contributed by atoms with Gasteiger partial charge >= 0.3 is 0 Å². The zero-order valence-corrected chi connectivity index (χ0v) is 18.1. The van der Waals surface area contributed by atoms with Crippen molar-refractivity contribution in [1.29, 1.82) is 0 Å². The molecule has 0 unspecified atom stereocenters. The van der Waals surface area contributed by atoms with Crippen LogP contribution in [0.4, 0.5) is 0 Å². The predicted molar refractivity (Wildman–Crippen MR) is 122 cm³/mol. The fourth-order valence-electron chi connectivity index (χ4n) is 3.83. The van der Waals surface area contributed by atoms with Gasteiger partial charge in [-0.3, -0.25) is 0 Å². The van der Waals surface area contributed by atoms with Gasteiger partial charge in [-0.1, -0.05) is 91.0 Å². The topological polar surface area (TPSA) is 57.2 Å². The first-order valence-electron chi connectivity index (χ1n) is 11.0. The van der Waals surface area contributed by atoms with Crippen molar-refractivity contribution in [3.05, 3.63) is 108 Å². The van der Waals surface area contributed by atoms with Gasteiger partial charge in [0.2, 0.25) is 0 Å². The number of aliphatic hydroxyl groups excluding tert-OH is 1. The van der Waals surface area contributed by atoms with Crippen molar-refractivity contribution in [3.8, 4) is 0 Å². The van der Waals surface area contributed by atoms with Crippen molar-refractivity contribution in [1.82, 2.24) is 0 Å². The van der Waals surface area contributed by atoms with E-state index in [1.165, 1.54) is 0 Å². The zero-order valence-electron chi connectivity index (χ0n) is 18.1. The van der Waals surface area contributed by atoms with Crippen LogP contribution in [-0.2, 0) is 38.8 Å². The van der Waals surface area contributed by atoms with Gasteiger partial charge in [-0.05, 0) is 16.7 Å². The van der Waals surface area contributed by atoms with E-state index in [-0.39, 0.29) is 12.2 Å². The van der Waals surface area contributed by atoms with Crippen LogP contribution in [0.15, 0.2) is 91.0 Å². The summed E-state index contributed by atoms with van der Waals surface area (Å²) in [6, 6.07) is 30.0. The minimum absolute atomic E-state index is 0.302. The summed E-state index contributed by atoms with van der Waals surface area (Å²) in [6.07, 6.45) is -1.68. The maximum Gasteiger partial charge on any atom is 0.157 e. The highest BCUT2D eigenvalue weighted by molar-refractivity contribution is 5.15. The molecule has 0 bridgehead atoms. The Kier molecular flexibility index (Phi) is 8.42. The summed E-state index contributed by atoms with van der Waals surface area (Å²) < 4.78 is 24.3. The Morgan fingerprint density at radius 1 is 0.688 bits per heavy atom. The Hall–Kier alpha value is -2.54. The third-order valence-electron chi connectivity index (χ3n) is 5.48. The molecule has 0 aromatic heterocycles. The minimum atomic E-state index is -0.919. The lowest BCUT2D eigenvalue weighted by atomic mass is 10.0. The second-order valence-electron chi connectivity index (χ2n) is 7.96.